The number of halogens is 4. The standard InChI is InChI=1S/C32H36FN5O4S.C2HF3O2/c1-4-42-23-9-11-27(33)25(18-23)30(37-22-8-10-24-20(16-22)13-14-36-31(24)35)32(39)38-15-5-6-28(38)26-17-21(34)7-12-29(26)43(40,41)19(2)3;3-2(4,5)1(6)7/h7-14,16-19,28,30,37H,4-6,15,34H2,1-3H3,(H2,35,36);(H,6,7)/t28-,30+;/m1./s1. The fourth-order valence-electron chi connectivity index (χ4n) is 5.59. The topological polar surface area (TPSA) is 178 Å². The zero-order valence-corrected chi connectivity index (χ0v) is 28.2. The number of carbonyl (C=O) groups is 2. The molecule has 6 N–H and O–H groups in total. The van der Waals surface area contributed by atoms with Gasteiger partial charge in [-0.3, -0.25) is 4.79 Å². The molecule has 2 heterocycles. The summed E-state index contributed by atoms with van der Waals surface area (Å²) < 4.78 is 79.6. The number of amides is 1. The number of hydrogen-bond acceptors (Lipinski definition) is 9. The Morgan fingerprint density at radius 2 is 1.78 bits per heavy atom. The van der Waals surface area contributed by atoms with Crippen molar-refractivity contribution in [3.05, 3.63) is 83.8 Å². The second-order valence-corrected chi connectivity index (χ2v) is 14.2. The number of hydrogen-bond donors (Lipinski definition) is 4. The van der Waals surface area contributed by atoms with Crippen molar-refractivity contribution < 1.29 is 45.4 Å². The van der Waals surface area contributed by atoms with Gasteiger partial charge < -0.3 is 31.5 Å². The first-order valence-corrected chi connectivity index (χ1v) is 17.1. The van der Waals surface area contributed by atoms with E-state index < -0.39 is 51.0 Å². The molecule has 16 heteroatoms. The van der Waals surface area contributed by atoms with E-state index >= 15 is 4.39 Å². The minimum Gasteiger partial charge on any atom is -0.494 e. The van der Waals surface area contributed by atoms with Crippen LogP contribution in [0, 0.1) is 5.82 Å². The van der Waals surface area contributed by atoms with Crippen molar-refractivity contribution in [3.63, 3.8) is 0 Å². The minimum atomic E-state index is -5.08. The number of carboxylic acid groups (broad SMARTS) is 1. The maximum absolute atomic E-state index is 15.5. The zero-order chi connectivity index (χ0) is 37.0. The highest BCUT2D eigenvalue weighted by Gasteiger charge is 2.39. The molecule has 0 bridgehead atoms. The lowest BCUT2D eigenvalue weighted by atomic mass is 10.00. The summed E-state index contributed by atoms with van der Waals surface area (Å²) in [6.45, 7) is 5.80. The average molecular weight is 720 g/mol. The predicted molar refractivity (Wildman–Crippen MR) is 181 cm³/mol. The van der Waals surface area contributed by atoms with Crippen molar-refractivity contribution in [3.8, 4) is 5.75 Å². The molecule has 0 spiro atoms. The molecule has 0 radical (unpaired) electrons. The van der Waals surface area contributed by atoms with Crippen molar-refractivity contribution in [1.82, 2.24) is 9.88 Å². The molecule has 11 nitrogen and oxygen atoms in total. The van der Waals surface area contributed by atoms with Crippen LogP contribution >= 0.6 is 0 Å². The molecule has 1 aromatic heterocycles. The molecule has 2 atom stereocenters. The molecule has 4 aromatic rings. The second-order valence-electron chi connectivity index (χ2n) is 11.7. The maximum atomic E-state index is 15.5. The number of ether oxygens (including phenoxy) is 1. The lowest BCUT2D eigenvalue weighted by Gasteiger charge is -2.32. The molecule has 1 fully saturated rings. The number of nitrogens with one attached hydrogen (secondary N) is 1. The summed E-state index contributed by atoms with van der Waals surface area (Å²) in [4.78, 5) is 29.3. The third-order valence-corrected chi connectivity index (χ3v) is 10.3. The summed E-state index contributed by atoms with van der Waals surface area (Å²) in [5.41, 5.74) is 13.7. The molecule has 0 saturated carbocycles. The number of fused-ring (bicyclic) bond motifs is 1. The number of alkyl halides is 3. The number of aliphatic carboxylic acids is 1. The van der Waals surface area contributed by atoms with Gasteiger partial charge in [0.2, 0.25) is 5.91 Å². The summed E-state index contributed by atoms with van der Waals surface area (Å²) in [5, 5.41) is 11.3. The lowest BCUT2D eigenvalue weighted by molar-refractivity contribution is -0.192. The van der Waals surface area contributed by atoms with E-state index in [0.29, 0.717) is 54.5 Å². The molecule has 5 rings (SSSR count). The van der Waals surface area contributed by atoms with Gasteiger partial charge in [-0.25, -0.2) is 22.6 Å². The fourth-order valence-corrected chi connectivity index (χ4v) is 6.88. The Morgan fingerprint density at radius 1 is 1.08 bits per heavy atom. The minimum absolute atomic E-state index is 0.110. The van der Waals surface area contributed by atoms with Crippen LogP contribution < -0.4 is 21.5 Å². The van der Waals surface area contributed by atoms with Crippen LogP contribution in [-0.4, -0.2) is 59.9 Å². The van der Waals surface area contributed by atoms with E-state index in [2.05, 4.69) is 10.3 Å². The number of nitrogens with two attached hydrogens (primary N) is 2. The van der Waals surface area contributed by atoms with Gasteiger partial charge in [-0.1, -0.05) is 0 Å². The summed E-state index contributed by atoms with van der Waals surface area (Å²) in [6.07, 6.45) is -2.31. The summed E-state index contributed by atoms with van der Waals surface area (Å²) in [7, 11) is -3.68. The van der Waals surface area contributed by atoms with Gasteiger partial charge in [0.1, 0.15) is 23.4 Å². The number of carboxylic acids is 1. The van der Waals surface area contributed by atoms with Crippen molar-refractivity contribution in [2.45, 2.75) is 62.0 Å². The van der Waals surface area contributed by atoms with Crippen LogP contribution in [0.5, 0.6) is 5.75 Å². The van der Waals surface area contributed by atoms with E-state index in [1.807, 2.05) is 13.0 Å². The number of aromatic nitrogens is 1. The Bertz CT molecular complexity index is 1990. The molecular formula is C34H37F4N5O6S. The second kappa shape index (κ2) is 15.2. The number of nitrogens with zero attached hydrogens (tertiary/aromatic N) is 2. The summed E-state index contributed by atoms with van der Waals surface area (Å²) in [6, 6.07) is 14.5. The number of benzene rings is 3. The largest absolute Gasteiger partial charge is 0.494 e. The third-order valence-electron chi connectivity index (χ3n) is 8.04. The molecule has 1 aliphatic rings. The Kier molecular flexibility index (Phi) is 11.5. The van der Waals surface area contributed by atoms with E-state index in [9.17, 15) is 26.4 Å². The first kappa shape index (κ1) is 37.7. The van der Waals surface area contributed by atoms with Crippen molar-refractivity contribution in [1.29, 1.82) is 0 Å². The van der Waals surface area contributed by atoms with E-state index in [-0.39, 0.29) is 10.5 Å². The van der Waals surface area contributed by atoms with Gasteiger partial charge in [0.25, 0.3) is 0 Å². The number of sulfone groups is 1. The van der Waals surface area contributed by atoms with Gasteiger partial charge in [-0.05, 0) is 105 Å². The number of anilines is 3. The molecule has 1 aliphatic heterocycles. The Hall–Kier alpha value is -5.12. The molecule has 268 valence electrons. The van der Waals surface area contributed by atoms with Crippen LogP contribution in [0.1, 0.15) is 56.8 Å². The van der Waals surface area contributed by atoms with Gasteiger partial charge in [0, 0.05) is 35.1 Å². The number of pyridine rings is 1. The monoisotopic (exact) mass is 719 g/mol. The van der Waals surface area contributed by atoms with Crippen LogP contribution in [0.4, 0.5) is 34.8 Å². The molecule has 0 aliphatic carbocycles. The molecule has 1 amide bonds. The van der Waals surface area contributed by atoms with Gasteiger partial charge in [0.15, 0.2) is 9.84 Å². The SMILES string of the molecule is CCOc1ccc(F)c([C@H](Nc2ccc3c(N)nccc3c2)C(=O)N2CCC[C@@H]2c2cc(N)ccc2S(=O)(=O)C(C)C)c1.O=C(O)C(F)(F)F. The van der Waals surface area contributed by atoms with Gasteiger partial charge in [-0.2, -0.15) is 13.2 Å². The van der Waals surface area contributed by atoms with Gasteiger partial charge in [-0.15, -0.1) is 0 Å². The van der Waals surface area contributed by atoms with Crippen LogP contribution in [0.2, 0.25) is 0 Å². The van der Waals surface area contributed by atoms with Crippen LogP contribution in [0.3, 0.4) is 0 Å². The Labute approximate surface area is 286 Å². The molecule has 3 aromatic carbocycles. The Morgan fingerprint density at radius 3 is 2.42 bits per heavy atom. The highest BCUT2D eigenvalue weighted by molar-refractivity contribution is 7.92. The predicted octanol–water partition coefficient (Wildman–Crippen LogP) is 6.27. The van der Waals surface area contributed by atoms with Crippen LogP contribution in [0.25, 0.3) is 10.8 Å². The summed E-state index contributed by atoms with van der Waals surface area (Å²) >= 11 is 0. The van der Waals surface area contributed by atoms with Crippen molar-refractivity contribution in [2.75, 3.05) is 29.9 Å². The number of carbonyl (C=O) groups excluding carboxylic acids is 1. The third kappa shape index (κ3) is 8.35. The van der Waals surface area contributed by atoms with Crippen LogP contribution in [-0.2, 0) is 19.4 Å². The lowest BCUT2D eigenvalue weighted by Crippen LogP contribution is -2.38. The fraction of sp³-hybridized carbons (Fsp3) is 0.324. The van der Waals surface area contributed by atoms with E-state index in [1.165, 1.54) is 24.3 Å². The first-order chi connectivity index (χ1) is 23.4. The molecular weight excluding hydrogens is 682 g/mol. The van der Waals surface area contributed by atoms with E-state index in [0.717, 1.165) is 10.8 Å². The van der Waals surface area contributed by atoms with E-state index in [1.54, 1.807) is 55.3 Å². The highest BCUT2D eigenvalue weighted by Crippen LogP contribution is 2.40. The highest BCUT2D eigenvalue weighted by atomic mass is 32.2. The maximum Gasteiger partial charge on any atom is 0.490 e. The number of nitrogen functional groups attached to an aromatic ring is 2. The quantitative estimate of drug-likeness (QED) is 0.114. The smallest absolute Gasteiger partial charge is 0.490 e. The van der Waals surface area contributed by atoms with Crippen LogP contribution in [0.15, 0.2) is 71.8 Å². The average Bonchev–Trinajstić information content (AvgIpc) is 3.54. The van der Waals surface area contributed by atoms with Gasteiger partial charge >= 0.3 is 12.1 Å². The van der Waals surface area contributed by atoms with Gasteiger partial charge in [0.05, 0.1) is 22.8 Å². The number of likely N-dealkylation sites (tertiary alicyclic amines) is 1. The molecule has 1 saturated heterocycles. The normalized spacial score (nSPS) is 15.4. The molecule has 50 heavy (non-hydrogen) atoms. The van der Waals surface area contributed by atoms with E-state index in [4.69, 9.17) is 26.1 Å². The van der Waals surface area contributed by atoms with Crippen molar-refractivity contribution in [2.24, 2.45) is 0 Å². The summed E-state index contributed by atoms with van der Waals surface area (Å²) in [5.74, 6) is -2.94. The number of rotatable bonds is 9. The zero-order valence-electron chi connectivity index (χ0n) is 27.4. The molecule has 0 unspecified atom stereocenters. The van der Waals surface area contributed by atoms with Crippen molar-refractivity contribution >= 4 is 49.7 Å². The Balaban J connectivity index is 0.000000727. The first-order valence-electron chi connectivity index (χ1n) is 15.5.